The van der Waals surface area contributed by atoms with Crippen molar-refractivity contribution in [1.82, 2.24) is 9.62 Å². The van der Waals surface area contributed by atoms with E-state index in [-0.39, 0.29) is 10.1 Å². The molecule has 1 fully saturated rings. The predicted octanol–water partition coefficient (Wildman–Crippen LogP) is 0.274. The molecule has 6 nitrogen and oxygen atoms in total. The van der Waals surface area contributed by atoms with Gasteiger partial charge < -0.3 is 9.64 Å². The van der Waals surface area contributed by atoms with Crippen molar-refractivity contribution < 1.29 is 17.9 Å². The Hall–Kier alpha value is -0.960. The molecule has 1 aromatic rings. The van der Waals surface area contributed by atoms with Gasteiger partial charge >= 0.3 is 0 Å². The fourth-order valence-electron chi connectivity index (χ4n) is 1.82. The average Bonchev–Trinajstić information content (AvgIpc) is 2.93. The van der Waals surface area contributed by atoms with Gasteiger partial charge in [0.15, 0.2) is 0 Å². The molecule has 0 bridgehead atoms. The van der Waals surface area contributed by atoms with E-state index in [0.717, 1.165) is 11.3 Å². The standard InChI is InChI=1S/C11H16N2O4S2/c1-9(11(14)13-4-6-17-7-5-13)12-19(15,16)10-3-2-8-18-10/h2-3,8-9,12H,4-7H2,1H3. The minimum atomic E-state index is -3.61. The van der Waals surface area contributed by atoms with Crippen LogP contribution in [0.5, 0.6) is 0 Å². The lowest BCUT2D eigenvalue weighted by molar-refractivity contribution is -0.136. The van der Waals surface area contributed by atoms with Gasteiger partial charge in [-0.1, -0.05) is 6.07 Å². The predicted molar refractivity (Wildman–Crippen MR) is 71.5 cm³/mol. The molecular weight excluding hydrogens is 288 g/mol. The van der Waals surface area contributed by atoms with Crippen molar-refractivity contribution in [3.63, 3.8) is 0 Å². The molecule has 0 spiro atoms. The van der Waals surface area contributed by atoms with E-state index >= 15 is 0 Å². The van der Waals surface area contributed by atoms with Crippen LogP contribution in [0.3, 0.4) is 0 Å². The highest BCUT2D eigenvalue weighted by atomic mass is 32.2. The number of ether oxygens (including phenoxy) is 1. The van der Waals surface area contributed by atoms with E-state index < -0.39 is 16.1 Å². The molecule has 2 rings (SSSR count). The van der Waals surface area contributed by atoms with Crippen LogP contribution in [0.4, 0.5) is 0 Å². The number of carbonyl (C=O) groups is 1. The van der Waals surface area contributed by atoms with Crippen molar-refractivity contribution in [2.45, 2.75) is 17.2 Å². The smallest absolute Gasteiger partial charge is 0.250 e. The normalized spacial score (nSPS) is 18.3. The summed E-state index contributed by atoms with van der Waals surface area (Å²) in [5.41, 5.74) is 0. The SMILES string of the molecule is CC(NS(=O)(=O)c1cccs1)C(=O)N1CCOCC1. The molecule has 1 saturated heterocycles. The number of nitrogens with one attached hydrogen (secondary N) is 1. The summed E-state index contributed by atoms with van der Waals surface area (Å²) >= 11 is 1.12. The first-order chi connectivity index (χ1) is 9.00. The van der Waals surface area contributed by atoms with Gasteiger partial charge in [-0.05, 0) is 18.4 Å². The third-order valence-electron chi connectivity index (χ3n) is 2.79. The van der Waals surface area contributed by atoms with Gasteiger partial charge in [-0.15, -0.1) is 11.3 Å². The van der Waals surface area contributed by atoms with E-state index in [1.165, 1.54) is 6.07 Å². The van der Waals surface area contributed by atoms with Crippen molar-refractivity contribution in [3.05, 3.63) is 17.5 Å². The highest BCUT2D eigenvalue weighted by molar-refractivity contribution is 7.91. The Kier molecular flexibility index (Phi) is 4.56. The zero-order valence-electron chi connectivity index (χ0n) is 10.5. The summed E-state index contributed by atoms with van der Waals surface area (Å²) in [5.74, 6) is -0.219. The Morgan fingerprint density at radius 3 is 2.74 bits per heavy atom. The van der Waals surface area contributed by atoms with Crippen LogP contribution in [0.1, 0.15) is 6.92 Å². The average molecular weight is 304 g/mol. The van der Waals surface area contributed by atoms with Crippen molar-refractivity contribution in [2.75, 3.05) is 26.3 Å². The molecule has 1 aromatic heterocycles. The number of rotatable bonds is 4. The molecular formula is C11H16N2O4S2. The molecule has 1 aliphatic heterocycles. The lowest BCUT2D eigenvalue weighted by Crippen LogP contribution is -2.50. The highest BCUT2D eigenvalue weighted by Gasteiger charge is 2.27. The fraction of sp³-hybridized carbons (Fsp3) is 0.545. The number of amides is 1. The maximum absolute atomic E-state index is 12.1. The Morgan fingerprint density at radius 2 is 2.16 bits per heavy atom. The van der Waals surface area contributed by atoms with E-state index in [4.69, 9.17) is 4.74 Å². The van der Waals surface area contributed by atoms with Gasteiger partial charge in [0.05, 0.1) is 19.3 Å². The van der Waals surface area contributed by atoms with Crippen molar-refractivity contribution >= 4 is 27.3 Å². The number of hydrogen-bond donors (Lipinski definition) is 1. The highest BCUT2D eigenvalue weighted by Crippen LogP contribution is 2.16. The van der Waals surface area contributed by atoms with Crippen LogP contribution < -0.4 is 4.72 Å². The zero-order chi connectivity index (χ0) is 13.9. The van der Waals surface area contributed by atoms with Gasteiger partial charge in [-0.3, -0.25) is 4.79 Å². The van der Waals surface area contributed by atoms with Crippen LogP contribution >= 0.6 is 11.3 Å². The number of nitrogens with zero attached hydrogens (tertiary/aromatic N) is 1. The zero-order valence-corrected chi connectivity index (χ0v) is 12.2. The summed E-state index contributed by atoms with van der Waals surface area (Å²) in [5, 5.41) is 1.68. The van der Waals surface area contributed by atoms with E-state index in [2.05, 4.69) is 4.72 Å². The van der Waals surface area contributed by atoms with E-state index in [1.54, 1.807) is 23.3 Å². The lowest BCUT2D eigenvalue weighted by atomic mass is 10.3. The van der Waals surface area contributed by atoms with Crippen LogP contribution in [0, 0.1) is 0 Å². The summed E-state index contributed by atoms with van der Waals surface area (Å²) in [7, 11) is -3.61. The Morgan fingerprint density at radius 1 is 1.47 bits per heavy atom. The second-order valence-electron chi connectivity index (χ2n) is 4.21. The quantitative estimate of drug-likeness (QED) is 0.866. The minimum Gasteiger partial charge on any atom is -0.378 e. The van der Waals surface area contributed by atoms with Gasteiger partial charge in [0.2, 0.25) is 5.91 Å². The molecule has 1 unspecified atom stereocenters. The molecule has 0 saturated carbocycles. The first-order valence-electron chi connectivity index (χ1n) is 5.93. The molecule has 106 valence electrons. The van der Waals surface area contributed by atoms with E-state index in [0.29, 0.717) is 26.3 Å². The van der Waals surface area contributed by atoms with Gasteiger partial charge in [-0.25, -0.2) is 8.42 Å². The van der Waals surface area contributed by atoms with E-state index in [9.17, 15) is 13.2 Å². The van der Waals surface area contributed by atoms with Crippen molar-refractivity contribution in [2.24, 2.45) is 0 Å². The van der Waals surface area contributed by atoms with Crippen LogP contribution in [-0.2, 0) is 19.6 Å². The maximum Gasteiger partial charge on any atom is 0.250 e. The van der Waals surface area contributed by atoms with Gasteiger partial charge in [-0.2, -0.15) is 4.72 Å². The summed E-state index contributed by atoms with van der Waals surface area (Å²) in [6.45, 7) is 3.56. The number of carbonyl (C=O) groups excluding carboxylic acids is 1. The van der Waals surface area contributed by atoms with Crippen LogP contribution in [0.25, 0.3) is 0 Å². The van der Waals surface area contributed by atoms with Crippen molar-refractivity contribution in [1.29, 1.82) is 0 Å². The summed E-state index contributed by atoms with van der Waals surface area (Å²) in [6.07, 6.45) is 0. The number of hydrogen-bond acceptors (Lipinski definition) is 5. The molecule has 8 heteroatoms. The van der Waals surface area contributed by atoms with Crippen molar-refractivity contribution in [3.8, 4) is 0 Å². The summed E-state index contributed by atoms with van der Waals surface area (Å²) in [4.78, 5) is 13.7. The van der Waals surface area contributed by atoms with Crippen LogP contribution in [-0.4, -0.2) is 51.6 Å². The number of morpholine rings is 1. The maximum atomic E-state index is 12.1. The molecule has 19 heavy (non-hydrogen) atoms. The van der Waals surface area contributed by atoms with Crippen LogP contribution in [0.2, 0.25) is 0 Å². The Labute approximate surface area is 116 Å². The molecule has 1 aliphatic rings. The van der Waals surface area contributed by atoms with Gasteiger partial charge in [0, 0.05) is 13.1 Å². The topological polar surface area (TPSA) is 75.7 Å². The third kappa shape index (κ3) is 3.53. The molecule has 2 heterocycles. The number of sulfonamides is 1. The molecule has 1 atom stereocenters. The second kappa shape index (κ2) is 6.00. The fourth-order valence-corrected chi connectivity index (χ4v) is 4.02. The first-order valence-corrected chi connectivity index (χ1v) is 8.29. The molecule has 1 N–H and O–H groups in total. The molecule has 0 aliphatic carbocycles. The summed E-state index contributed by atoms with van der Waals surface area (Å²) < 4.78 is 31.8. The first kappa shape index (κ1) is 14.4. The largest absolute Gasteiger partial charge is 0.378 e. The molecule has 0 aromatic carbocycles. The second-order valence-corrected chi connectivity index (χ2v) is 7.10. The Balaban J connectivity index is 2.00. The summed E-state index contributed by atoms with van der Waals surface area (Å²) in [6, 6.07) is 2.40. The monoisotopic (exact) mass is 304 g/mol. The van der Waals surface area contributed by atoms with E-state index in [1.807, 2.05) is 0 Å². The lowest BCUT2D eigenvalue weighted by Gasteiger charge is -2.29. The van der Waals surface area contributed by atoms with Gasteiger partial charge in [0.25, 0.3) is 10.0 Å². The number of thiophene rings is 1. The van der Waals surface area contributed by atoms with Gasteiger partial charge in [0.1, 0.15) is 4.21 Å². The Bertz CT molecular complexity index is 521. The molecule has 0 radical (unpaired) electrons. The molecule has 1 amide bonds. The minimum absolute atomic E-state index is 0.217. The van der Waals surface area contributed by atoms with Crippen LogP contribution in [0.15, 0.2) is 21.7 Å². The third-order valence-corrected chi connectivity index (χ3v) is 5.72.